The molecule has 0 spiro atoms. The van der Waals surface area contributed by atoms with Crippen LogP contribution in [-0.2, 0) is 16.1 Å². The summed E-state index contributed by atoms with van der Waals surface area (Å²) in [5, 5.41) is 2.55. The second-order valence-corrected chi connectivity index (χ2v) is 3.92. The van der Waals surface area contributed by atoms with Crippen LogP contribution in [0.15, 0.2) is 30.3 Å². The first-order valence-corrected chi connectivity index (χ1v) is 5.59. The molecule has 92 valence electrons. The highest BCUT2D eigenvalue weighted by atomic mass is 16.2. The molecule has 0 bridgehead atoms. The third kappa shape index (κ3) is 3.59. The lowest BCUT2D eigenvalue weighted by molar-refractivity contribution is -0.138. The summed E-state index contributed by atoms with van der Waals surface area (Å²) in [6.45, 7) is 3.65. The number of amides is 2. The maximum absolute atomic E-state index is 11.6. The molecule has 17 heavy (non-hydrogen) atoms. The normalized spacial score (nSPS) is 11.7. The van der Waals surface area contributed by atoms with Gasteiger partial charge in [0.2, 0.25) is 11.8 Å². The van der Waals surface area contributed by atoms with Gasteiger partial charge in [0.05, 0.1) is 0 Å². The first kappa shape index (κ1) is 13.2. The van der Waals surface area contributed by atoms with Gasteiger partial charge < -0.3 is 10.2 Å². The zero-order valence-electron chi connectivity index (χ0n) is 10.4. The van der Waals surface area contributed by atoms with Gasteiger partial charge in [-0.15, -0.1) is 0 Å². The van der Waals surface area contributed by atoms with E-state index in [2.05, 4.69) is 5.32 Å². The minimum absolute atomic E-state index is 0.107. The van der Waals surface area contributed by atoms with Crippen LogP contribution in [0.25, 0.3) is 0 Å². The first-order valence-electron chi connectivity index (χ1n) is 5.59. The van der Waals surface area contributed by atoms with Crippen LogP contribution in [-0.4, -0.2) is 29.8 Å². The molecule has 0 aliphatic carbocycles. The SMILES string of the molecule is CNC(=O)[C@H](C)N(Cc1ccccc1)C(C)=O. The Morgan fingerprint density at radius 3 is 2.35 bits per heavy atom. The van der Waals surface area contributed by atoms with Crippen molar-refractivity contribution in [3.63, 3.8) is 0 Å². The molecule has 0 unspecified atom stereocenters. The highest BCUT2D eigenvalue weighted by molar-refractivity contribution is 5.86. The van der Waals surface area contributed by atoms with E-state index in [1.807, 2.05) is 30.3 Å². The molecular weight excluding hydrogens is 216 g/mol. The summed E-state index contributed by atoms with van der Waals surface area (Å²) in [5.41, 5.74) is 1.01. The quantitative estimate of drug-likeness (QED) is 0.850. The van der Waals surface area contributed by atoms with Crippen molar-refractivity contribution in [2.75, 3.05) is 7.05 Å². The number of carbonyl (C=O) groups excluding carboxylic acids is 2. The van der Waals surface area contributed by atoms with E-state index in [0.29, 0.717) is 6.54 Å². The fourth-order valence-electron chi connectivity index (χ4n) is 1.65. The number of likely N-dealkylation sites (N-methyl/N-ethyl adjacent to an activating group) is 1. The van der Waals surface area contributed by atoms with Crippen molar-refractivity contribution in [1.82, 2.24) is 10.2 Å². The van der Waals surface area contributed by atoms with Crippen molar-refractivity contribution in [3.8, 4) is 0 Å². The first-order chi connectivity index (χ1) is 8.06. The van der Waals surface area contributed by atoms with E-state index in [1.165, 1.54) is 6.92 Å². The Bertz CT molecular complexity index is 390. The Labute approximate surface area is 102 Å². The predicted octanol–water partition coefficient (Wildman–Crippen LogP) is 1.17. The van der Waals surface area contributed by atoms with Crippen molar-refractivity contribution in [2.45, 2.75) is 26.4 Å². The zero-order chi connectivity index (χ0) is 12.8. The molecule has 1 aromatic rings. The van der Waals surface area contributed by atoms with E-state index >= 15 is 0 Å². The number of rotatable bonds is 4. The summed E-state index contributed by atoms with van der Waals surface area (Å²) in [6.07, 6.45) is 0. The van der Waals surface area contributed by atoms with Crippen LogP contribution < -0.4 is 5.32 Å². The summed E-state index contributed by atoms with van der Waals surface area (Å²) in [4.78, 5) is 24.6. The van der Waals surface area contributed by atoms with E-state index in [-0.39, 0.29) is 11.8 Å². The van der Waals surface area contributed by atoms with Crippen LogP contribution in [0.2, 0.25) is 0 Å². The minimum Gasteiger partial charge on any atom is -0.357 e. The highest BCUT2D eigenvalue weighted by Crippen LogP contribution is 2.08. The predicted molar refractivity (Wildman–Crippen MR) is 66.2 cm³/mol. The van der Waals surface area contributed by atoms with E-state index in [1.54, 1.807) is 18.9 Å². The summed E-state index contributed by atoms with van der Waals surface area (Å²) < 4.78 is 0. The maximum Gasteiger partial charge on any atom is 0.242 e. The molecule has 0 saturated carbocycles. The van der Waals surface area contributed by atoms with Crippen molar-refractivity contribution in [3.05, 3.63) is 35.9 Å². The van der Waals surface area contributed by atoms with Gasteiger partial charge in [0, 0.05) is 20.5 Å². The molecule has 2 amide bonds. The Morgan fingerprint density at radius 1 is 1.29 bits per heavy atom. The van der Waals surface area contributed by atoms with Gasteiger partial charge in [-0.1, -0.05) is 30.3 Å². The topological polar surface area (TPSA) is 49.4 Å². The smallest absolute Gasteiger partial charge is 0.242 e. The largest absolute Gasteiger partial charge is 0.357 e. The van der Waals surface area contributed by atoms with Crippen LogP contribution in [0.3, 0.4) is 0 Å². The fraction of sp³-hybridized carbons (Fsp3) is 0.385. The monoisotopic (exact) mass is 234 g/mol. The lowest BCUT2D eigenvalue weighted by Crippen LogP contribution is -2.45. The van der Waals surface area contributed by atoms with Crippen molar-refractivity contribution < 1.29 is 9.59 Å². The Hall–Kier alpha value is -1.84. The zero-order valence-corrected chi connectivity index (χ0v) is 10.4. The summed E-state index contributed by atoms with van der Waals surface area (Å²) in [6, 6.07) is 9.16. The van der Waals surface area contributed by atoms with Gasteiger partial charge in [-0.3, -0.25) is 9.59 Å². The van der Waals surface area contributed by atoms with E-state index in [0.717, 1.165) is 5.56 Å². The lowest BCUT2D eigenvalue weighted by atomic mass is 10.1. The Balaban J connectivity index is 2.81. The van der Waals surface area contributed by atoms with Gasteiger partial charge in [0.25, 0.3) is 0 Å². The van der Waals surface area contributed by atoms with Gasteiger partial charge >= 0.3 is 0 Å². The average molecular weight is 234 g/mol. The van der Waals surface area contributed by atoms with Crippen LogP contribution in [0.5, 0.6) is 0 Å². The number of nitrogens with zero attached hydrogens (tertiary/aromatic N) is 1. The maximum atomic E-state index is 11.6. The van der Waals surface area contributed by atoms with Gasteiger partial charge in [-0.25, -0.2) is 0 Å². The molecule has 0 fully saturated rings. The number of nitrogens with one attached hydrogen (secondary N) is 1. The number of carbonyl (C=O) groups is 2. The molecule has 1 N–H and O–H groups in total. The molecular formula is C13H18N2O2. The van der Waals surface area contributed by atoms with Gasteiger partial charge in [-0.05, 0) is 12.5 Å². The van der Waals surface area contributed by atoms with Gasteiger partial charge in [-0.2, -0.15) is 0 Å². The molecule has 0 aliphatic rings. The van der Waals surface area contributed by atoms with Gasteiger partial charge in [0.15, 0.2) is 0 Å². The summed E-state index contributed by atoms with van der Waals surface area (Å²) in [5.74, 6) is -0.263. The molecule has 1 aromatic carbocycles. The molecule has 4 nitrogen and oxygen atoms in total. The third-order valence-electron chi connectivity index (χ3n) is 2.69. The number of hydrogen-bond donors (Lipinski definition) is 1. The highest BCUT2D eigenvalue weighted by Gasteiger charge is 2.22. The minimum atomic E-state index is -0.460. The molecule has 0 aliphatic heterocycles. The van der Waals surface area contributed by atoms with E-state index in [4.69, 9.17) is 0 Å². The van der Waals surface area contributed by atoms with Gasteiger partial charge in [0.1, 0.15) is 6.04 Å². The second kappa shape index (κ2) is 6.03. The molecule has 0 aromatic heterocycles. The molecule has 4 heteroatoms. The second-order valence-electron chi connectivity index (χ2n) is 3.92. The summed E-state index contributed by atoms with van der Waals surface area (Å²) >= 11 is 0. The number of benzene rings is 1. The third-order valence-corrected chi connectivity index (χ3v) is 2.69. The van der Waals surface area contributed by atoms with E-state index in [9.17, 15) is 9.59 Å². The van der Waals surface area contributed by atoms with Crippen LogP contribution in [0, 0.1) is 0 Å². The average Bonchev–Trinajstić information content (AvgIpc) is 2.35. The van der Waals surface area contributed by atoms with Crippen molar-refractivity contribution in [2.24, 2.45) is 0 Å². The van der Waals surface area contributed by atoms with Crippen LogP contribution >= 0.6 is 0 Å². The molecule has 0 saturated heterocycles. The van der Waals surface area contributed by atoms with Crippen molar-refractivity contribution in [1.29, 1.82) is 0 Å². The lowest BCUT2D eigenvalue weighted by Gasteiger charge is -2.26. The summed E-state index contributed by atoms with van der Waals surface area (Å²) in [7, 11) is 1.57. The number of hydrogen-bond acceptors (Lipinski definition) is 2. The standard InChI is InChI=1S/C13H18N2O2/c1-10(13(17)14-3)15(11(2)16)9-12-7-5-4-6-8-12/h4-8,10H,9H2,1-3H3,(H,14,17)/t10-/m0/s1. The van der Waals surface area contributed by atoms with Crippen LogP contribution in [0.4, 0.5) is 0 Å². The van der Waals surface area contributed by atoms with Crippen LogP contribution in [0.1, 0.15) is 19.4 Å². The van der Waals surface area contributed by atoms with Crippen molar-refractivity contribution >= 4 is 11.8 Å². The molecule has 0 radical (unpaired) electrons. The molecule has 1 rings (SSSR count). The fourth-order valence-corrected chi connectivity index (χ4v) is 1.65. The molecule has 1 atom stereocenters. The Kier molecular flexibility index (Phi) is 4.69. The Morgan fingerprint density at radius 2 is 1.88 bits per heavy atom. The molecule has 0 heterocycles. The van der Waals surface area contributed by atoms with E-state index < -0.39 is 6.04 Å².